The summed E-state index contributed by atoms with van der Waals surface area (Å²) in [6.07, 6.45) is 4.31. The number of nitrogens with one attached hydrogen (secondary N) is 1. The number of ether oxygens (including phenoxy) is 1. The van der Waals surface area contributed by atoms with E-state index in [0.717, 1.165) is 17.7 Å². The number of hydrogen-bond donors (Lipinski definition) is 1. The van der Waals surface area contributed by atoms with Crippen LogP contribution >= 0.6 is 0 Å². The van der Waals surface area contributed by atoms with Gasteiger partial charge in [-0.1, -0.05) is 44.0 Å². The van der Waals surface area contributed by atoms with Gasteiger partial charge in [0.1, 0.15) is 5.75 Å². The predicted molar refractivity (Wildman–Crippen MR) is 98.7 cm³/mol. The molecule has 140 valence electrons. The van der Waals surface area contributed by atoms with Crippen molar-refractivity contribution in [2.45, 2.75) is 52.0 Å². The number of methoxy groups -OCH3 is 1. The summed E-state index contributed by atoms with van der Waals surface area (Å²) in [4.78, 5) is 16.7. The van der Waals surface area contributed by atoms with Crippen LogP contribution in [0.2, 0.25) is 0 Å². The molecule has 0 radical (unpaired) electrons. The first-order valence-corrected chi connectivity index (χ1v) is 9.33. The zero-order valence-electron chi connectivity index (χ0n) is 15.7. The predicted octanol–water partition coefficient (Wildman–Crippen LogP) is 3.62. The zero-order chi connectivity index (χ0) is 18.5. The van der Waals surface area contributed by atoms with Gasteiger partial charge < -0.3 is 14.6 Å². The van der Waals surface area contributed by atoms with E-state index in [0.29, 0.717) is 36.4 Å². The smallest absolute Gasteiger partial charge is 0.227 e. The third kappa shape index (κ3) is 4.42. The van der Waals surface area contributed by atoms with Crippen molar-refractivity contribution in [3.8, 4) is 17.1 Å². The highest BCUT2D eigenvalue weighted by Crippen LogP contribution is 2.29. The molecule has 0 bridgehead atoms. The molecule has 6 heteroatoms. The topological polar surface area (TPSA) is 77.2 Å². The molecule has 0 saturated heterocycles. The largest absolute Gasteiger partial charge is 0.497 e. The third-order valence-corrected chi connectivity index (χ3v) is 5.42. The highest BCUT2D eigenvalue weighted by Gasteiger charge is 2.28. The second kappa shape index (κ2) is 8.34. The van der Waals surface area contributed by atoms with Crippen molar-refractivity contribution >= 4 is 5.91 Å². The number of carbonyl (C=O) groups is 1. The lowest BCUT2D eigenvalue weighted by molar-refractivity contribution is -0.122. The molecule has 0 spiro atoms. The molecule has 1 amide bonds. The van der Waals surface area contributed by atoms with Gasteiger partial charge in [0.25, 0.3) is 0 Å². The minimum Gasteiger partial charge on any atom is -0.497 e. The van der Waals surface area contributed by atoms with Gasteiger partial charge in [0.05, 0.1) is 7.11 Å². The van der Waals surface area contributed by atoms with Crippen LogP contribution < -0.4 is 10.1 Å². The van der Waals surface area contributed by atoms with Crippen LogP contribution in [-0.4, -0.2) is 29.2 Å². The Morgan fingerprint density at radius 1 is 1.35 bits per heavy atom. The summed E-state index contributed by atoms with van der Waals surface area (Å²) in [6, 6.07) is 7.77. The van der Waals surface area contributed by atoms with E-state index in [9.17, 15) is 4.79 Å². The van der Waals surface area contributed by atoms with E-state index in [-0.39, 0.29) is 11.9 Å². The Morgan fingerprint density at radius 2 is 2.19 bits per heavy atom. The summed E-state index contributed by atoms with van der Waals surface area (Å²) in [5, 5.41) is 7.18. The molecule has 1 heterocycles. The summed E-state index contributed by atoms with van der Waals surface area (Å²) in [5.74, 6) is 2.96. The molecule has 1 aromatic heterocycles. The number of amides is 1. The van der Waals surface area contributed by atoms with Crippen LogP contribution in [0.5, 0.6) is 5.75 Å². The second-order valence-corrected chi connectivity index (χ2v) is 7.18. The normalized spacial score (nSPS) is 22.8. The third-order valence-electron chi connectivity index (χ3n) is 5.42. The van der Waals surface area contributed by atoms with Gasteiger partial charge in [0.15, 0.2) is 0 Å². The Hall–Kier alpha value is -2.37. The minimum atomic E-state index is 0.0529. The summed E-state index contributed by atoms with van der Waals surface area (Å²) < 4.78 is 10.5. The number of aryl methyl sites for hydroxylation is 1. The Kier molecular flexibility index (Phi) is 5.91. The molecule has 1 fully saturated rings. The van der Waals surface area contributed by atoms with E-state index in [1.54, 1.807) is 7.11 Å². The zero-order valence-corrected chi connectivity index (χ0v) is 15.7. The van der Waals surface area contributed by atoms with Crippen molar-refractivity contribution in [1.82, 2.24) is 15.5 Å². The summed E-state index contributed by atoms with van der Waals surface area (Å²) in [7, 11) is 1.62. The van der Waals surface area contributed by atoms with E-state index < -0.39 is 0 Å². The Balaban J connectivity index is 1.53. The fourth-order valence-corrected chi connectivity index (χ4v) is 3.52. The summed E-state index contributed by atoms with van der Waals surface area (Å²) >= 11 is 0. The lowest BCUT2D eigenvalue weighted by Gasteiger charge is -2.34. The first-order valence-electron chi connectivity index (χ1n) is 9.33. The monoisotopic (exact) mass is 357 g/mol. The number of hydrogen-bond acceptors (Lipinski definition) is 5. The van der Waals surface area contributed by atoms with Crippen molar-refractivity contribution < 1.29 is 14.1 Å². The van der Waals surface area contributed by atoms with Crippen LogP contribution in [-0.2, 0) is 11.2 Å². The van der Waals surface area contributed by atoms with Gasteiger partial charge in [-0.15, -0.1) is 0 Å². The highest BCUT2D eigenvalue weighted by atomic mass is 16.5. The summed E-state index contributed by atoms with van der Waals surface area (Å²) in [5.41, 5.74) is 0.828. The van der Waals surface area contributed by atoms with E-state index >= 15 is 0 Å². The molecule has 1 N–H and O–H groups in total. The molecule has 26 heavy (non-hydrogen) atoms. The van der Waals surface area contributed by atoms with Gasteiger partial charge in [-0.25, -0.2) is 0 Å². The molecular weight excluding hydrogens is 330 g/mol. The molecule has 3 atom stereocenters. The van der Waals surface area contributed by atoms with Crippen molar-refractivity contribution in [2.75, 3.05) is 7.11 Å². The average molecular weight is 357 g/mol. The fraction of sp³-hybridized carbons (Fsp3) is 0.550. The van der Waals surface area contributed by atoms with Crippen LogP contribution in [0.4, 0.5) is 0 Å². The van der Waals surface area contributed by atoms with Crippen molar-refractivity contribution in [1.29, 1.82) is 0 Å². The van der Waals surface area contributed by atoms with E-state index in [4.69, 9.17) is 9.26 Å². The standard InChI is InChI=1S/C20H27N3O3/c1-13-6-4-9-17(14(13)2)21-18(24)10-11-19-22-20(23-26-19)15-7-5-8-16(12-15)25-3/h5,7-8,12-14,17H,4,6,9-11H2,1-3H3,(H,21,24). The van der Waals surface area contributed by atoms with Gasteiger partial charge in [-0.05, 0) is 30.4 Å². The maximum atomic E-state index is 12.3. The van der Waals surface area contributed by atoms with Crippen molar-refractivity contribution in [3.05, 3.63) is 30.2 Å². The summed E-state index contributed by atoms with van der Waals surface area (Å²) in [6.45, 7) is 4.49. The van der Waals surface area contributed by atoms with E-state index in [1.165, 1.54) is 12.8 Å². The molecule has 1 aliphatic rings. The van der Waals surface area contributed by atoms with Crippen LogP contribution in [0.1, 0.15) is 45.4 Å². The first-order chi connectivity index (χ1) is 12.6. The quantitative estimate of drug-likeness (QED) is 0.854. The van der Waals surface area contributed by atoms with Crippen LogP contribution in [0.15, 0.2) is 28.8 Å². The lowest BCUT2D eigenvalue weighted by Crippen LogP contribution is -2.43. The Bertz CT molecular complexity index is 743. The molecular formula is C20H27N3O3. The number of nitrogens with zero attached hydrogens (tertiary/aromatic N) is 2. The lowest BCUT2D eigenvalue weighted by atomic mass is 9.78. The number of benzene rings is 1. The molecule has 1 aromatic carbocycles. The molecule has 3 unspecified atom stereocenters. The van der Waals surface area contributed by atoms with Crippen LogP contribution in [0.3, 0.4) is 0 Å². The maximum Gasteiger partial charge on any atom is 0.227 e. The van der Waals surface area contributed by atoms with Gasteiger partial charge in [-0.2, -0.15) is 4.98 Å². The Morgan fingerprint density at radius 3 is 3.00 bits per heavy atom. The maximum absolute atomic E-state index is 12.3. The average Bonchev–Trinajstić information content (AvgIpc) is 3.13. The number of rotatable bonds is 6. The Labute approximate surface area is 154 Å². The van der Waals surface area contributed by atoms with Crippen molar-refractivity contribution in [2.24, 2.45) is 11.8 Å². The number of carbonyl (C=O) groups excluding carboxylic acids is 1. The highest BCUT2D eigenvalue weighted by molar-refractivity contribution is 5.76. The minimum absolute atomic E-state index is 0.0529. The molecule has 2 aromatic rings. The van der Waals surface area contributed by atoms with Crippen LogP contribution in [0, 0.1) is 11.8 Å². The fourth-order valence-electron chi connectivity index (χ4n) is 3.52. The molecule has 0 aliphatic heterocycles. The second-order valence-electron chi connectivity index (χ2n) is 7.18. The van der Waals surface area contributed by atoms with Gasteiger partial charge in [0.2, 0.25) is 17.6 Å². The van der Waals surface area contributed by atoms with Gasteiger partial charge >= 0.3 is 0 Å². The van der Waals surface area contributed by atoms with Gasteiger partial charge in [0, 0.05) is 24.4 Å². The molecule has 3 rings (SSSR count). The molecule has 6 nitrogen and oxygen atoms in total. The molecule has 1 saturated carbocycles. The van der Waals surface area contributed by atoms with Crippen LogP contribution in [0.25, 0.3) is 11.4 Å². The van der Waals surface area contributed by atoms with Gasteiger partial charge in [-0.3, -0.25) is 4.79 Å². The number of aromatic nitrogens is 2. The van der Waals surface area contributed by atoms with Crippen molar-refractivity contribution in [3.63, 3.8) is 0 Å². The van der Waals surface area contributed by atoms with E-state index in [2.05, 4.69) is 29.3 Å². The SMILES string of the molecule is COc1cccc(-c2noc(CCC(=O)NC3CCCC(C)C3C)n2)c1. The molecule has 1 aliphatic carbocycles. The first kappa shape index (κ1) is 18.4. The van der Waals surface area contributed by atoms with E-state index in [1.807, 2.05) is 24.3 Å².